The Bertz CT molecular complexity index is 703. The molecule has 2 aromatic carbocycles. The second-order valence-electron chi connectivity index (χ2n) is 5.30. The fraction of sp³-hybridized carbons (Fsp3) is 0.375. The maximum Gasteiger partial charge on any atom is 0.253 e. The number of para-hydroxylation sites is 1. The number of benzene rings is 1. The van der Waals surface area contributed by atoms with Crippen molar-refractivity contribution in [3.63, 3.8) is 0 Å². The molecule has 0 bridgehead atoms. The summed E-state index contributed by atoms with van der Waals surface area (Å²) in [4.78, 5) is 25.3. The topological polar surface area (TPSA) is 70.7 Å². The lowest BCUT2D eigenvalue weighted by atomic mass is 10.1. The molecule has 0 aliphatic carbocycles. The summed E-state index contributed by atoms with van der Waals surface area (Å²) in [5.41, 5.74) is 0.734. The van der Waals surface area contributed by atoms with Gasteiger partial charge in [-0.3, -0.25) is 9.59 Å². The summed E-state index contributed by atoms with van der Waals surface area (Å²) >= 11 is 0. The average molecular weight is 303 g/mol. The molecule has 0 saturated carbocycles. The van der Waals surface area contributed by atoms with E-state index in [1.165, 1.54) is 0 Å². The third-order valence-electron chi connectivity index (χ3n) is 3.42. The summed E-state index contributed by atoms with van der Waals surface area (Å²) in [6, 6.07) is 7.55. The molecular formula is C16H21N3O3. The lowest BCUT2D eigenvalue weighted by Crippen LogP contribution is -2.38. The minimum Gasteiger partial charge on any atom is -0.496 e. The van der Waals surface area contributed by atoms with E-state index in [1.807, 2.05) is 43.3 Å². The van der Waals surface area contributed by atoms with Crippen molar-refractivity contribution in [2.24, 2.45) is 0 Å². The van der Waals surface area contributed by atoms with Crippen LogP contribution in [0.25, 0.3) is 0 Å². The van der Waals surface area contributed by atoms with Crippen LogP contribution < -0.4 is 26.2 Å². The second kappa shape index (κ2) is 7.09. The molecule has 2 rings (SSSR count). The number of ether oxygens (including phenoxy) is 1. The Morgan fingerprint density at radius 2 is 1.68 bits per heavy atom. The number of methoxy groups -OCH3 is 1. The fourth-order valence-electron chi connectivity index (χ4n) is 2.17. The van der Waals surface area contributed by atoms with Gasteiger partial charge in [0.25, 0.3) is 10.9 Å². The molecule has 0 amide bonds. The smallest absolute Gasteiger partial charge is 0.253 e. The van der Waals surface area contributed by atoms with Crippen LogP contribution in [0, 0.1) is 0 Å². The monoisotopic (exact) mass is 303 g/mol. The minimum atomic E-state index is -0.470. The van der Waals surface area contributed by atoms with Crippen molar-refractivity contribution in [1.82, 2.24) is 4.90 Å². The standard InChI is InChI=1S/C16H21N3O3/c1-19(2)9-8-17-13-14(16(21)15(13)20)18-10-11-6-4-5-7-12(11)22-3/h4-7,17-18H,8-10H2,1-3H3. The molecule has 0 saturated heterocycles. The Balaban J connectivity index is 2.03. The highest BCUT2D eigenvalue weighted by Gasteiger charge is 2.20. The third-order valence-corrected chi connectivity index (χ3v) is 3.42. The van der Waals surface area contributed by atoms with Gasteiger partial charge in [-0.15, -0.1) is 0 Å². The van der Waals surface area contributed by atoms with Gasteiger partial charge in [0, 0.05) is 25.2 Å². The Morgan fingerprint density at radius 3 is 2.32 bits per heavy atom. The van der Waals surface area contributed by atoms with Crippen LogP contribution in [-0.4, -0.2) is 39.2 Å². The van der Waals surface area contributed by atoms with Crippen molar-refractivity contribution < 1.29 is 4.74 Å². The highest BCUT2D eigenvalue weighted by atomic mass is 16.5. The Kier molecular flexibility index (Phi) is 5.16. The SMILES string of the molecule is COc1ccccc1CNc1c(NCCN(C)C)c(=O)c1=O. The first kappa shape index (κ1) is 16.0. The van der Waals surface area contributed by atoms with E-state index in [1.54, 1.807) is 7.11 Å². The Morgan fingerprint density at radius 1 is 1.05 bits per heavy atom. The lowest BCUT2D eigenvalue weighted by molar-refractivity contribution is 0.410. The van der Waals surface area contributed by atoms with E-state index in [-0.39, 0.29) is 0 Å². The summed E-state index contributed by atoms with van der Waals surface area (Å²) < 4.78 is 5.27. The number of hydrogen-bond donors (Lipinski definition) is 2. The molecule has 2 aromatic rings. The third kappa shape index (κ3) is 3.46. The first-order valence-corrected chi connectivity index (χ1v) is 7.12. The van der Waals surface area contributed by atoms with Gasteiger partial charge in [0.1, 0.15) is 17.1 Å². The van der Waals surface area contributed by atoms with Crippen molar-refractivity contribution >= 4 is 11.4 Å². The number of rotatable bonds is 8. The fourth-order valence-corrected chi connectivity index (χ4v) is 2.17. The van der Waals surface area contributed by atoms with Crippen molar-refractivity contribution in [2.75, 3.05) is 44.9 Å². The first-order chi connectivity index (χ1) is 10.5. The van der Waals surface area contributed by atoms with E-state index >= 15 is 0 Å². The number of anilines is 2. The lowest BCUT2D eigenvalue weighted by Gasteiger charge is -2.17. The number of likely N-dealkylation sites (N-methyl/N-ethyl adjacent to an activating group) is 1. The first-order valence-electron chi connectivity index (χ1n) is 7.12. The van der Waals surface area contributed by atoms with E-state index in [2.05, 4.69) is 10.6 Å². The molecule has 0 aliphatic heterocycles. The zero-order valence-electron chi connectivity index (χ0n) is 13.1. The number of nitrogens with zero attached hydrogens (tertiary/aromatic N) is 1. The summed E-state index contributed by atoms with van der Waals surface area (Å²) in [5.74, 6) is 0.746. The van der Waals surface area contributed by atoms with Crippen LogP contribution in [-0.2, 0) is 6.54 Å². The zero-order valence-corrected chi connectivity index (χ0v) is 13.1. The molecule has 0 fully saturated rings. The summed E-state index contributed by atoms with van der Waals surface area (Å²) in [7, 11) is 5.50. The van der Waals surface area contributed by atoms with E-state index < -0.39 is 10.9 Å². The van der Waals surface area contributed by atoms with Crippen molar-refractivity contribution in [2.45, 2.75) is 6.54 Å². The van der Waals surface area contributed by atoms with Crippen LogP contribution in [0.4, 0.5) is 11.4 Å². The summed E-state index contributed by atoms with van der Waals surface area (Å²) in [6.45, 7) is 1.82. The normalized spacial score (nSPS) is 10.9. The Labute approximate surface area is 129 Å². The van der Waals surface area contributed by atoms with Crippen LogP contribution in [0.3, 0.4) is 0 Å². The van der Waals surface area contributed by atoms with E-state index in [9.17, 15) is 9.59 Å². The minimum absolute atomic E-state index is 0.356. The van der Waals surface area contributed by atoms with Crippen LogP contribution in [0.1, 0.15) is 5.56 Å². The van der Waals surface area contributed by atoms with Crippen molar-refractivity contribution in [3.05, 3.63) is 50.3 Å². The van der Waals surface area contributed by atoms with Gasteiger partial charge in [0.05, 0.1) is 7.11 Å². The van der Waals surface area contributed by atoms with Crippen molar-refractivity contribution in [1.29, 1.82) is 0 Å². The zero-order chi connectivity index (χ0) is 16.1. The number of hydrogen-bond acceptors (Lipinski definition) is 6. The van der Waals surface area contributed by atoms with Gasteiger partial charge in [-0.25, -0.2) is 0 Å². The predicted molar refractivity (Wildman–Crippen MR) is 88.7 cm³/mol. The van der Waals surface area contributed by atoms with E-state index in [4.69, 9.17) is 4.74 Å². The van der Waals surface area contributed by atoms with Crippen molar-refractivity contribution in [3.8, 4) is 5.75 Å². The van der Waals surface area contributed by atoms with Crippen LogP contribution in [0.5, 0.6) is 5.75 Å². The predicted octanol–water partition coefficient (Wildman–Crippen LogP) is 0.877. The van der Waals surface area contributed by atoms with Crippen LogP contribution >= 0.6 is 0 Å². The molecule has 0 aliphatic rings. The molecule has 0 heterocycles. The van der Waals surface area contributed by atoms with E-state index in [0.29, 0.717) is 24.5 Å². The maximum absolute atomic E-state index is 11.7. The molecule has 0 spiro atoms. The maximum atomic E-state index is 11.7. The van der Waals surface area contributed by atoms with Gasteiger partial charge < -0.3 is 20.3 Å². The highest BCUT2D eigenvalue weighted by molar-refractivity contribution is 5.74. The highest BCUT2D eigenvalue weighted by Crippen LogP contribution is 2.20. The molecule has 0 aromatic heterocycles. The van der Waals surface area contributed by atoms with Gasteiger partial charge in [0.2, 0.25) is 0 Å². The largest absolute Gasteiger partial charge is 0.496 e. The van der Waals surface area contributed by atoms with Gasteiger partial charge in [-0.2, -0.15) is 0 Å². The molecule has 2 N–H and O–H groups in total. The molecule has 118 valence electrons. The van der Waals surface area contributed by atoms with Gasteiger partial charge in [0.15, 0.2) is 0 Å². The quantitative estimate of drug-likeness (QED) is 0.705. The molecule has 0 atom stereocenters. The van der Waals surface area contributed by atoms with Crippen LogP contribution in [0.15, 0.2) is 33.9 Å². The molecule has 0 unspecified atom stereocenters. The number of nitrogens with one attached hydrogen (secondary N) is 2. The molecule has 0 radical (unpaired) electrons. The van der Waals surface area contributed by atoms with Gasteiger partial charge in [-0.1, -0.05) is 18.2 Å². The summed E-state index contributed by atoms with van der Waals surface area (Å²) in [5, 5.41) is 6.05. The molecule has 22 heavy (non-hydrogen) atoms. The summed E-state index contributed by atoms with van der Waals surface area (Å²) in [6.07, 6.45) is 0. The average Bonchev–Trinajstić information content (AvgIpc) is 2.52. The van der Waals surface area contributed by atoms with Gasteiger partial charge in [-0.05, 0) is 20.2 Å². The molecular weight excluding hydrogens is 282 g/mol. The van der Waals surface area contributed by atoms with Gasteiger partial charge >= 0.3 is 0 Å². The second-order valence-corrected chi connectivity index (χ2v) is 5.30. The Hall–Kier alpha value is -2.34. The van der Waals surface area contributed by atoms with Crippen LogP contribution in [0.2, 0.25) is 0 Å². The van der Waals surface area contributed by atoms with E-state index in [0.717, 1.165) is 17.9 Å². The molecule has 6 nitrogen and oxygen atoms in total. The molecule has 6 heteroatoms.